The van der Waals surface area contributed by atoms with Crippen LogP contribution in [0.5, 0.6) is 0 Å². The summed E-state index contributed by atoms with van der Waals surface area (Å²) < 4.78 is 0. The molecule has 0 unspecified atom stereocenters. The Kier molecular flexibility index (Phi) is 11.6. The number of hydrogen-bond acceptors (Lipinski definition) is 4. The van der Waals surface area contributed by atoms with Crippen LogP contribution in [0.3, 0.4) is 0 Å². The smallest absolute Gasteiger partial charge is 0.236 e. The Bertz CT molecular complexity index is 365. The van der Waals surface area contributed by atoms with E-state index in [2.05, 4.69) is 4.90 Å². The lowest BCUT2D eigenvalue weighted by Crippen LogP contribution is -2.41. The van der Waals surface area contributed by atoms with Gasteiger partial charge in [-0.1, -0.05) is 0 Å². The van der Waals surface area contributed by atoms with E-state index < -0.39 is 0 Å². The van der Waals surface area contributed by atoms with E-state index in [1.54, 1.807) is 0 Å². The highest BCUT2D eigenvalue weighted by atomic mass is 35.5. The van der Waals surface area contributed by atoms with Gasteiger partial charge in [0.1, 0.15) is 0 Å². The predicted molar refractivity (Wildman–Crippen MR) is 96.2 cm³/mol. The largest absolute Gasteiger partial charge is 0.342 e. The fourth-order valence-corrected chi connectivity index (χ4v) is 3.05. The van der Waals surface area contributed by atoms with E-state index in [0.717, 1.165) is 65.0 Å². The summed E-state index contributed by atoms with van der Waals surface area (Å²) in [6.07, 6.45) is 4.52. The first kappa shape index (κ1) is 22.4. The molecule has 8 heteroatoms. The first-order chi connectivity index (χ1) is 10.2. The first-order valence-corrected chi connectivity index (χ1v) is 8.18. The summed E-state index contributed by atoms with van der Waals surface area (Å²) in [5, 5.41) is 0. The molecule has 0 aromatic carbocycles. The molecule has 0 atom stereocenters. The van der Waals surface area contributed by atoms with Gasteiger partial charge in [-0.3, -0.25) is 14.5 Å². The van der Waals surface area contributed by atoms with Crippen LogP contribution in [0.1, 0.15) is 32.1 Å². The van der Waals surface area contributed by atoms with Crippen LogP contribution >= 0.6 is 24.8 Å². The van der Waals surface area contributed by atoms with Crippen molar-refractivity contribution in [3.05, 3.63) is 0 Å². The molecular weight excluding hydrogens is 339 g/mol. The highest BCUT2D eigenvalue weighted by Gasteiger charge is 2.23. The van der Waals surface area contributed by atoms with Gasteiger partial charge in [-0.25, -0.2) is 0 Å². The Labute approximate surface area is 151 Å². The van der Waals surface area contributed by atoms with Crippen molar-refractivity contribution in [2.45, 2.75) is 32.1 Å². The summed E-state index contributed by atoms with van der Waals surface area (Å²) >= 11 is 0. The molecule has 0 saturated carbocycles. The molecule has 2 saturated heterocycles. The van der Waals surface area contributed by atoms with E-state index >= 15 is 0 Å². The van der Waals surface area contributed by atoms with E-state index in [0.29, 0.717) is 19.5 Å². The zero-order valence-electron chi connectivity index (χ0n) is 13.7. The molecule has 6 nitrogen and oxygen atoms in total. The highest BCUT2D eigenvalue weighted by Crippen LogP contribution is 2.10. The lowest BCUT2D eigenvalue weighted by molar-refractivity contribution is -0.131. The maximum Gasteiger partial charge on any atom is 0.236 e. The number of carbonyl (C=O) groups excluding carboxylic acids is 2. The molecule has 23 heavy (non-hydrogen) atoms. The normalized spacial score (nSPS) is 18.8. The molecule has 2 N–H and O–H groups in total. The van der Waals surface area contributed by atoms with Gasteiger partial charge in [0.15, 0.2) is 0 Å². The number of rotatable bonds is 5. The summed E-state index contributed by atoms with van der Waals surface area (Å²) in [5.74, 6) is 0.448. The second-order valence-corrected chi connectivity index (χ2v) is 5.99. The van der Waals surface area contributed by atoms with Crippen LogP contribution in [-0.2, 0) is 9.59 Å². The van der Waals surface area contributed by atoms with Crippen molar-refractivity contribution in [2.75, 3.05) is 52.4 Å². The second kappa shape index (κ2) is 11.9. The SMILES string of the molecule is Cl.Cl.NCCCC(=O)N1CCCN(CC(=O)N2CCCC2)CC1. The van der Waals surface area contributed by atoms with Crippen LogP contribution in [0.2, 0.25) is 0 Å². The molecule has 2 rings (SSSR count). The van der Waals surface area contributed by atoms with Crippen LogP contribution in [-0.4, -0.2) is 78.9 Å². The molecular formula is C15H30Cl2N4O2. The summed E-state index contributed by atoms with van der Waals surface area (Å²) in [6.45, 7) is 6.14. The van der Waals surface area contributed by atoms with Gasteiger partial charge in [-0.05, 0) is 32.2 Å². The topological polar surface area (TPSA) is 69.9 Å². The molecule has 2 amide bonds. The average molecular weight is 369 g/mol. The predicted octanol–water partition coefficient (Wildman–Crippen LogP) is 0.726. The Morgan fingerprint density at radius 2 is 1.39 bits per heavy atom. The van der Waals surface area contributed by atoms with Gasteiger partial charge in [0.2, 0.25) is 11.8 Å². The van der Waals surface area contributed by atoms with E-state index in [4.69, 9.17) is 5.73 Å². The minimum atomic E-state index is 0. The van der Waals surface area contributed by atoms with E-state index in [-0.39, 0.29) is 36.6 Å². The number of likely N-dealkylation sites (tertiary alicyclic amines) is 1. The van der Waals surface area contributed by atoms with Crippen LogP contribution in [0.25, 0.3) is 0 Å². The van der Waals surface area contributed by atoms with Crippen molar-refractivity contribution >= 4 is 36.6 Å². The van der Waals surface area contributed by atoms with Gasteiger partial charge in [-0.15, -0.1) is 24.8 Å². The number of nitrogens with two attached hydrogens (primary N) is 1. The van der Waals surface area contributed by atoms with E-state index in [1.165, 1.54) is 0 Å². The Morgan fingerprint density at radius 1 is 0.783 bits per heavy atom. The summed E-state index contributed by atoms with van der Waals surface area (Å²) in [5.41, 5.74) is 5.45. The maximum absolute atomic E-state index is 12.2. The lowest BCUT2D eigenvalue weighted by atomic mass is 10.2. The molecule has 2 aliphatic heterocycles. The third-order valence-electron chi connectivity index (χ3n) is 4.35. The number of nitrogens with zero attached hydrogens (tertiary/aromatic N) is 3. The molecule has 0 aromatic rings. The fraction of sp³-hybridized carbons (Fsp3) is 0.867. The molecule has 0 aromatic heterocycles. The maximum atomic E-state index is 12.2. The standard InChI is InChI=1S/C15H28N4O2.2ClH/c16-6-3-5-14(20)19-10-4-7-17(11-12-19)13-15(21)18-8-1-2-9-18;;/h1-13,16H2;2*1H. The number of amides is 2. The summed E-state index contributed by atoms with van der Waals surface area (Å²) in [4.78, 5) is 30.3. The van der Waals surface area contributed by atoms with Crippen molar-refractivity contribution in [1.29, 1.82) is 0 Å². The molecule has 136 valence electrons. The van der Waals surface area contributed by atoms with Crippen LogP contribution in [0.15, 0.2) is 0 Å². The third kappa shape index (κ3) is 7.25. The van der Waals surface area contributed by atoms with Gasteiger partial charge in [0.25, 0.3) is 0 Å². The monoisotopic (exact) mass is 368 g/mol. The second-order valence-electron chi connectivity index (χ2n) is 5.99. The van der Waals surface area contributed by atoms with Crippen LogP contribution in [0.4, 0.5) is 0 Å². The minimum Gasteiger partial charge on any atom is -0.342 e. The fourth-order valence-electron chi connectivity index (χ4n) is 3.05. The van der Waals surface area contributed by atoms with Gasteiger partial charge in [0, 0.05) is 45.7 Å². The van der Waals surface area contributed by atoms with Crippen LogP contribution in [0, 0.1) is 0 Å². The Morgan fingerprint density at radius 3 is 2.04 bits per heavy atom. The Balaban J connectivity index is 0.00000242. The van der Waals surface area contributed by atoms with Crippen molar-refractivity contribution in [3.8, 4) is 0 Å². The van der Waals surface area contributed by atoms with Crippen molar-refractivity contribution in [3.63, 3.8) is 0 Å². The van der Waals surface area contributed by atoms with Crippen molar-refractivity contribution in [2.24, 2.45) is 5.73 Å². The molecule has 0 spiro atoms. The minimum absolute atomic E-state index is 0. The summed E-state index contributed by atoms with van der Waals surface area (Å²) in [7, 11) is 0. The number of carbonyl (C=O) groups is 2. The highest BCUT2D eigenvalue weighted by molar-refractivity contribution is 5.85. The van der Waals surface area contributed by atoms with E-state index in [1.807, 2.05) is 9.80 Å². The first-order valence-electron chi connectivity index (χ1n) is 8.18. The third-order valence-corrected chi connectivity index (χ3v) is 4.35. The van der Waals surface area contributed by atoms with Gasteiger partial charge >= 0.3 is 0 Å². The number of halogens is 2. The molecule has 2 aliphatic rings. The Hall–Kier alpha value is -0.560. The lowest BCUT2D eigenvalue weighted by Gasteiger charge is -2.24. The molecule has 2 heterocycles. The van der Waals surface area contributed by atoms with Gasteiger partial charge < -0.3 is 15.5 Å². The van der Waals surface area contributed by atoms with E-state index in [9.17, 15) is 9.59 Å². The molecule has 0 aliphatic carbocycles. The van der Waals surface area contributed by atoms with Gasteiger partial charge in [-0.2, -0.15) is 0 Å². The molecule has 2 fully saturated rings. The van der Waals surface area contributed by atoms with Crippen LogP contribution < -0.4 is 5.73 Å². The van der Waals surface area contributed by atoms with Crippen molar-refractivity contribution in [1.82, 2.24) is 14.7 Å². The quantitative estimate of drug-likeness (QED) is 0.776. The van der Waals surface area contributed by atoms with Crippen molar-refractivity contribution < 1.29 is 9.59 Å². The average Bonchev–Trinajstić information content (AvgIpc) is 2.92. The number of hydrogen-bond donors (Lipinski definition) is 1. The molecule has 0 radical (unpaired) electrons. The zero-order chi connectivity index (χ0) is 15.1. The molecule has 0 bridgehead atoms. The van der Waals surface area contributed by atoms with Gasteiger partial charge in [0.05, 0.1) is 6.54 Å². The zero-order valence-corrected chi connectivity index (χ0v) is 15.4. The summed E-state index contributed by atoms with van der Waals surface area (Å²) in [6, 6.07) is 0.